The molecule has 0 spiro atoms. The monoisotopic (exact) mass is 315 g/mol. The van der Waals surface area contributed by atoms with E-state index in [4.69, 9.17) is 4.74 Å². The van der Waals surface area contributed by atoms with Crippen LogP contribution in [0.3, 0.4) is 0 Å². The third kappa shape index (κ3) is 4.26. The van der Waals surface area contributed by atoms with Crippen LogP contribution >= 0.6 is 0 Å². The molecule has 0 bridgehead atoms. The van der Waals surface area contributed by atoms with Gasteiger partial charge < -0.3 is 9.84 Å². The van der Waals surface area contributed by atoms with Gasteiger partial charge in [-0.05, 0) is 43.5 Å². The van der Waals surface area contributed by atoms with Crippen LogP contribution in [-0.2, 0) is 21.4 Å². The predicted molar refractivity (Wildman–Crippen MR) is 82.8 cm³/mol. The number of hydrogen-bond donors (Lipinski definition) is 1. The second-order valence-electron chi connectivity index (χ2n) is 4.90. The van der Waals surface area contributed by atoms with E-state index in [0.29, 0.717) is 37.4 Å². The van der Waals surface area contributed by atoms with E-state index < -0.39 is 10.0 Å². The van der Waals surface area contributed by atoms with Gasteiger partial charge in [-0.1, -0.05) is 13.0 Å². The highest BCUT2D eigenvalue weighted by atomic mass is 32.2. The first-order chi connectivity index (χ1) is 9.88. The quantitative estimate of drug-likeness (QED) is 0.743. The van der Waals surface area contributed by atoms with Crippen molar-refractivity contribution in [1.29, 1.82) is 0 Å². The Bertz CT molecular complexity index is 569. The van der Waals surface area contributed by atoms with E-state index in [1.54, 1.807) is 26.0 Å². The van der Waals surface area contributed by atoms with E-state index in [-0.39, 0.29) is 11.5 Å². The Morgan fingerprint density at radius 2 is 1.86 bits per heavy atom. The molecule has 0 aromatic heterocycles. The van der Waals surface area contributed by atoms with Gasteiger partial charge in [0, 0.05) is 19.7 Å². The lowest BCUT2D eigenvalue weighted by Gasteiger charge is -2.22. The minimum absolute atomic E-state index is 0.167. The first-order valence-electron chi connectivity index (χ1n) is 7.17. The van der Waals surface area contributed by atoms with Crippen molar-refractivity contribution >= 4 is 10.0 Å². The number of rotatable bonds is 8. The highest BCUT2D eigenvalue weighted by Crippen LogP contribution is 2.23. The molecule has 5 nitrogen and oxygen atoms in total. The van der Waals surface area contributed by atoms with Crippen LogP contribution < -0.4 is 0 Å². The molecule has 0 saturated carbocycles. The molecule has 21 heavy (non-hydrogen) atoms. The van der Waals surface area contributed by atoms with Crippen LogP contribution in [0, 0.1) is 13.8 Å². The zero-order valence-corrected chi connectivity index (χ0v) is 14.0. The number of sulfonamides is 1. The Kier molecular flexibility index (Phi) is 6.80. The lowest BCUT2D eigenvalue weighted by molar-refractivity contribution is 0.135. The third-order valence-electron chi connectivity index (χ3n) is 3.46. The molecule has 1 aromatic rings. The van der Waals surface area contributed by atoms with Gasteiger partial charge in [-0.15, -0.1) is 0 Å². The molecule has 1 aromatic carbocycles. The summed E-state index contributed by atoms with van der Waals surface area (Å²) < 4.78 is 32.1. The Balaban J connectivity index is 3.16. The zero-order chi connectivity index (χ0) is 16.0. The molecule has 0 aliphatic heterocycles. The fourth-order valence-corrected chi connectivity index (χ4v) is 3.91. The van der Waals surface area contributed by atoms with Gasteiger partial charge in [-0.3, -0.25) is 0 Å². The highest BCUT2D eigenvalue weighted by molar-refractivity contribution is 7.89. The molecule has 0 radical (unpaired) electrons. The zero-order valence-electron chi connectivity index (χ0n) is 13.2. The number of aliphatic hydroxyl groups is 1. The van der Waals surface area contributed by atoms with Gasteiger partial charge in [0.05, 0.1) is 18.1 Å². The number of aryl methyl sites for hydroxylation is 2. The normalized spacial score (nSPS) is 12.1. The standard InChI is InChI=1S/C15H25NO4S/c1-5-16(7-8-20-6-2)21(18,19)15-10-14(11-17)12(3)9-13(15)4/h9-10,17H,5-8,11H2,1-4H3. The van der Waals surface area contributed by atoms with Gasteiger partial charge in [0.2, 0.25) is 10.0 Å². The van der Waals surface area contributed by atoms with E-state index in [1.165, 1.54) is 4.31 Å². The van der Waals surface area contributed by atoms with Gasteiger partial charge in [0.25, 0.3) is 0 Å². The molecule has 0 amide bonds. The number of benzene rings is 1. The molecule has 6 heteroatoms. The number of ether oxygens (including phenoxy) is 1. The van der Waals surface area contributed by atoms with Gasteiger partial charge in [0.1, 0.15) is 0 Å². The van der Waals surface area contributed by atoms with Gasteiger partial charge in [-0.2, -0.15) is 4.31 Å². The average molecular weight is 315 g/mol. The largest absolute Gasteiger partial charge is 0.392 e. The average Bonchev–Trinajstić information content (AvgIpc) is 2.43. The maximum Gasteiger partial charge on any atom is 0.243 e. The van der Waals surface area contributed by atoms with Crippen LogP contribution in [0.4, 0.5) is 0 Å². The van der Waals surface area contributed by atoms with Crippen molar-refractivity contribution in [3.05, 3.63) is 28.8 Å². The third-order valence-corrected chi connectivity index (χ3v) is 5.58. The van der Waals surface area contributed by atoms with Crippen LogP contribution in [0.2, 0.25) is 0 Å². The molecular formula is C15H25NO4S. The Morgan fingerprint density at radius 3 is 2.38 bits per heavy atom. The SMILES string of the molecule is CCOCCN(CC)S(=O)(=O)c1cc(CO)c(C)cc1C. The number of nitrogens with zero attached hydrogens (tertiary/aromatic N) is 1. The highest BCUT2D eigenvalue weighted by Gasteiger charge is 2.25. The molecule has 0 fully saturated rings. The second kappa shape index (κ2) is 7.89. The molecule has 1 N–H and O–H groups in total. The minimum atomic E-state index is -3.57. The first kappa shape index (κ1) is 18.1. The summed E-state index contributed by atoms with van der Waals surface area (Å²) in [4.78, 5) is 0.260. The van der Waals surface area contributed by atoms with Crippen molar-refractivity contribution in [3.63, 3.8) is 0 Å². The van der Waals surface area contributed by atoms with E-state index in [9.17, 15) is 13.5 Å². The number of aliphatic hydroxyl groups excluding tert-OH is 1. The maximum absolute atomic E-state index is 12.7. The summed E-state index contributed by atoms with van der Waals surface area (Å²) in [5.41, 5.74) is 2.23. The van der Waals surface area contributed by atoms with E-state index >= 15 is 0 Å². The molecule has 120 valence electrons. The van der Waals surface area contributed by atoms with E-state index in [1.807, 2.05) is 13.8 Å². The van der Waals surface area contributed by atoms with Crippen LogP contribution in [-0.4, -0.2) is 44.1 Å². The summed E-state index contributed by atoms with van der Waals surface area (Å²) in [6.45, 7) is 8.81. The van der Waals surface area contributed by atoms with Crippen molar-refractivity contribution in [2.75, 3.05) is 26.3 Å². The number of likely N-dealkylation sites (N-methyl/N-ethyl adjacent to an activating group) is 1. The Hall–Kier alpha value is -0.950. The van der Waals surface area contributed by atoms with Crippen LogP contribution in [0.1, 0.15) is 30.5 Å². The molecule has 1 rings (SSSR count). The molecule has 0 saturated heterocycles. The maximum atomic E-state index is 12.7. The van der Waals surface area contributed by atoms with Gasteiger partial charge in [-0.25, -0.2) is 8.42 Å². The lowest BCUT2D eigenvalue weighted by Crippen LogP contribution is -2.34. The Labute approximate surface area is 127 Å². The molecule has 0 unspecified atom stereocenters. The summed E-state index contributed by atoms with van der Waals surface area (Å²) >= 11 is 0. The van der Waals surface area contributed by atoms with E-state index in [0.717, 1.165) is 5.56 Å². The molecule has 0 heterocycles. The van der Waals surface area contributed by atoms with Crippen molar-refractivity contribution < 1.29 is 18.3 Å². The van der Waals surface area contributed by atoms with Crippen LogP contribution in [0.15, 0.2) is 17.0 Å². The van der Waals surface area contributed by atoms with Gasteiger partial charge in [0.15, 0.2) is 0 Å². The molecule has 0 aliphatic rings. The van der Waals surface area contributed by atoms with Crippen LogP contribution in [0.5, 0.6) is 0 Å². The second-order valence-corrected chi connectivity index (χ2v) is 6.80. The molecule has 0 atom stereocenters. The fraction of sp³-hybridized carbons (Fsp3) is 0.600. The smallest absolute Gasteiger partial charge is 0.243 e. The molecular weight excluding hydrogens is 290 g/mol. The topological polar surface area (TPSA) is 66.8 Å². The van der Waals surface area contributed by atoms with Crippen molar-refractivity contribution in [1.82, 2.24) is 4.31 Å². The number of hydrogen-bond acceptors (Lipinski definition) is 4. The predicted octanol–water partition coefficient (Wildman–Crippen LogP) is 1.84. The summed E-state index contributed by atoms with van der Waals surface area (Å²) in [5, 5.41) is 9.34. The fourth-order valence-electron chi connectivity index (χ4n) is 2.22. The Morgan fingerprint density at radius 1 is 1.19 bits per heavy atom. The summed E-state index contributed by atoms with van der Waals surface area (Å²) in [5.74, 6) is 0. The van der Waals surface area contributed by atoms with Crippen molar-refractivity contribution in [3.8, 4) is 0 Å². The summed E-state index contributed by atoms with van der Waals surface area (Å²) in [7, 11) is -3.57. The lowest BCUT2D eigenvalue weighted by atomic mass is 10.1. The first-order valence-corrected chi connectivity index (χ1v) is 8.61. The van der Waals surface area contributed by atoms with Crippen molar-refractivity contribution in [2.45, 2.75) is 39.2 Å². The van der Waals surface area contributed by atoms with Gasteiger partial charge >= 0.3 is 0 Å². The van der Waals surface area contributed by atoms with E-state index in [2.05, 4.69) is 0 Å². The van der Waals surface area contributed by atoms with Crippen molar-refractivity contribution in [2.24, 2.45) is 0 Å². The molecule has 0 aliphatic carbocycles. The summed E-state index contributed by atoms with van der Waals surface area (Å²) in [6, 6.07) is 3.37. The minimum Gasteiger partial charge on any atom is -0.392 e. The summed E-state index contributed by atoms with van der Waals surface area (Å²) in [6.07, 6.45) is 0. The van der Waals surface area contributed by atoms with Crippen LogP contribution in [0.25, 0.3) is 0 Å².